The molecule has 0 saturated heterocycles. The summed E-state index contributed by atoms with van der Waals surface area (Å²) in [4.78, 5) is 9.89. The standard InChI is InChI=1S/C9H18O.Sn.2H/c1-2-3-4-5-6-7-8-9-10;;;/h9H,2-8H2,1H3;;;. The third-order valence-corrected chi connectivity index (χ3v) is 1.68. The SMILES string of the molecule is CCCCCCCCC=O.[SnH2]. The molecule has 0 aliphatic rings. The van der Waals surface area contributed by atoms with Crippen LogP contribution in [0, 0.1) is 0 Å². The first-order valence-electron chi connectivity index (χ1n) is 4.35. The Labute approximate surface area is 86.9 Å². The van der Waals surface area contributed by atoms with Crippen LogP contribution in [0.15, 0.2) is 0 Å². The number of carbonyl (C=O) groups excluding carboxylic acids is 1. The summed E-state index contributed by atoms with van der Waals surface area (Å²) in [5, 5.41) is 0. The van der Waals surface area contributed by atoms with Gasteiger partial charge in [-0.25, -0.2) is 0 Å². The van der Waals surface area contributed by atoms with Gasteiger partial charge in [-0.3, -0.25) is 0 Å². The maximum absolute atomic E-state index is 9.89. The van der Waals surface area contributed by atoms with Crippen molar-refractivity contribution in [3.05, 3.63) is 0 Å². The van der Waals surface area contributed by atoms with Crippen LogP contribution in [0.3, 0.4) is 0 Å². The Morgan fingerprint density at radius 3 is 2.09 bits per heavy atom. The Morgan fingerprint density at radius 2 is 1.55 bits per heavy atom. The van der Waals surface area contributed by atoms with Crippen LogP contribution in [0.1, 0.15) is 51.9 Å². The van der Waals surface area contributed by atoms with Crippen LogP contribution in [0.4, 0.5) is 0 Å². The van der Waals surface area contributed by atoms with Crippen LogP contribution in [0.5, 0.6) is 0 Å². The van der Waals surface area contributed by atoms with Crippen LogP contribution in [0.25, 0.3) is 0 Å². The zero-order valence-corrected chi connectivity index (χ0v) is 11.7. The third kappa shape index (κ3) is 13.5. The minimum absolute atomic E-state index is 0. The summed E-state index contributed by atoms with van der Waals surface area (Å²) in [6, 6.07) is 0. The molecule has 0 bridgehead atoms. The van der Waals surface area contributed by atoms with E-state index in [0.717, 1.165) is 19.1 Å². The number of hydrogen-bond donors (Lipinski definition) is 0. The van der Waals surface area contributed by atoms with Crippen LogP contribution in [-0.4, -0.2) is 30.2 Å². The van der Waals surface area contributed by atoms with Gasteiger partial charge < -0.3 is 4.79 Å². The van der Waals surface area contributed by atoms with Crippen molar-refractivity contribution in [2.45, 2.75) is 51.9 Å². The Hall–Kier alpha value is 0.469. The molecule has 66 valence electrons. The first kappa shape index (κ1) is 14.0. The van der Waals surface area contributed by atoms with Gasteiger partial charge in [0.05, 0.1) is 0 Å². The molecule has 2 radical (unpaired) electrons. The summed E-state index contributed by atoms with van der Waals surface area (Å²) in [6.07, 6.45) is 9.39. The topological polar surface area (TPSA) is 17.1 Å². The first-order chi connectivity index (χ1) is 4.91. The van der Waals surface area contributed by atoms with Crippen LogP contribution < -0.4 is 0 Å². The quantitative estimate of drug-likeness (QED) is 0.390. The van der Waals surface area contributed by atoms with Gasteiger partial charge in [0.2, 0.25) is 0 Å². The van der Waals surface area contributed by atoms with Gasteiger partial charge in [-0.2, -0.15) is 0 Å². The van der Waals surface area contributed by atoms with Crippen molar-refractivity contribution in [3.8, 4) is 0 Å². The Bertz CT molecular complexity index is 74.0. The van der Waals surface area contributed by atoms with Gasteiger partial charge in [0.15, 0.2) is 0 Å². The number of unbranched alkanes of at least 4 members (excludes halogenated alkanes) is 6. The van der Waals surface area contributed by atoms with Crippen LogP contribution in [-0.2, 0) is 4.79 Å². The van der Waals surface area contributed by atoms with E-state index in [0.29, 0.717) is 0 Å². The normalized spacial score (nSPS) is 8.82. The van der Waals surface area contributed by atoms with Crippen molar-refractivity contribution in [1.82, 2.24) is 0 Å². The van der Waals surface area contributed by atoms with E-state index in [4.69, 9.17) is 0 Å². The predicted molar refractivity (Wildman–Crippen MR) is 52.6 cm³/mol. The molecule has 0 unspecified atom stereocenters. The van der Waals surface area contributed by atoms with Gasteiger partial charge in [0.25, 0.3) is 0 Å². The molecule has 0 aromatic heterocycles. The minimum atomic E-state index is 0. The molecule has 0 spiro atoms. The Balaban J connectivity index is 0. The number of carbonyl (C=O) groups is 1. The van der Waals surface area contributed by atoms with E-state index in [2.05, 4.69) is 6.92 Å². The number of rotatable bonds is 7. The maximum atomic E-state index is 9.89. The summed E-state index contributed by atoms with van der Waals surface area (Å²) >= 11 is 0. The van der Waals surface area contributed by atoms with Gasteiger partial charge in [0.1, 0.15) is 6.29 Å². The second kappa shape index (κ2) is 13.1. The van der Waals surface area contributed by atoms with Crippen LogP contribution in [0.2, 0.25) is 0 Å². The van der Waals surface area contributed by atoms with Crippen molar-refractivity contribution in [2.24, 2.45) is 0 Å². The van der Waals surface area contributed by atoms with E-state index in [9.17, 15) is 4.79 Å². The monoisotopic (exact) mass is 264 g/mol. The van der Waals surface area contributed by atoms with E-state index in [1.165, 1.54) is 32.1 Å². The summed E-state index contributed by atoms with van der Waals surface area (Å²) in [5.74, 6) is 0. The van der Waals surface area contributed by atoms with Crippen LogP contribution >= 0.6 is 0 Å². The third-order valence-electron chi connectivity index (χ3n) is 1.68. The first-order valence-corrected chi connectivity index (χ1v) is 4.35. The average Bonchev–Trinajstić information content (AvgIpc) is 1.97. The molecular formula is C9H20OSn. The van der Waals surface area contributed by atoms with E-state index in [1.54, 1.807) is 0 Å². The van der Waals surface area contributed by atoms with Crippen molar-refractivity contribution in [2.75, 3.05) is 0 Å². The Morgan fingerprint density at radius 1 is 1.00 bits per heavy atom. The van der Waals surface area contributed by atoms with E-state index < -0.39 is 0 Å². The number of aldehydes is 1. The average molecular weight is 263 g/mol. The van der Waals surface area contributed by atoms with Crippen molar-refractivity contribution in [1.29, 1.82) is 0 Å². The summed E-state index contributed by atoms with van der Waals surface area (Å²) in [5.41, 5.74) is 0. The van der Waals surface area contributed by atoms with Gasteiger partial charge in [-0.15, -0.1) is 0 Å². The zero-order valence-electron chi connectivity index (χ0n) is 7.64. The molecule has 1 nitrogen and oxygen atoms in total. The molecule has 11 heavy (non-hydrogen) atoms. The van der Waals surface area contributed by atoms with E-state index in [1.807, 2.05) is 0 Å². The Kier molecular flexibility index (Phi) is 16.7. The second-order valence-electron chi connectivity index (χ2n) is 2.72. The predicted octanol–water partition coefficient (Wildman–Crippen LogP) is 2.02. The molecule has 0 aromatic carbocycles. The van der Waals surface area contributed by atoms with Gasteiger partial charge in [0, 0.05) is 6.42 Å². The van der Waals surface area contributed by atoms with Crippen molar-refractivity contribution >= 4 is 30.2 Å². The molecule has 0 N–H and O–H groups in total. The number of hydrogen-bond acceptors (Lipinski definition) is 1. The summed E-state index contributed by atoms with van der Waals surface area (Å²) in [7, 11) is 0. The molecule has 0 heterocycles. The fraction of sp³-hybridized carbons (Fsp3) is 0.889. The van der Waals surface area contributed by atoms with Crippen molar-refractivity contribution < 1.29 is 4.79 Å². The molecular weight excluding hydrogens is 243 g/mol. The fourth-order valence-corrected chi connectivity index (χ4v) is 1.01. The molecule has 0 aromatic rings. The van der Waals surface area contributed by atoms with Gasteiger partial charge in [-0.1, -0.05) is 39.0 Å². The zero-order chi connectivity index (χ0) is 7.66. The molecule has 0 atom stereocenters. The molecule has 0 fully saturated rings. The molecule has 0 rings (SSSR count). The van der Waals surface area contributed by atoms with E-state index in [-0.39, 0.29) is 23.9 Å². The van der Waals surface area contributed by atoms with Gasteiger partial charge >= 0.3 is 23.9 Å². The summed E-state index contributed by atoms with van der Waals surface area (Å²) < 4.78 is 0. The van der Waals surface area contributed by atoms with E-state index >= 15 is 0 Å². The molecule has 0 amide bonds. The van der Waals surface area contributed by atoms with Gasteiger partial charge in [-0.05, 0) is 6.42 Å². The molecule has 0 aliphatic carbocycles. The molecule has 0 aliphatic heterocycles. The molecule has 2 heteroatoms. The second-order valence-corrected chi connectivity index (χ2v) is 2.72. The molecule has 0 saturated carbocycles. The summed E-state index contributed by atoms with van der Waals surface area (Å²) in [6.45, 7) is 2.21. The van der Waals surface area contributed by atoms with Crippen molar-refractivity contribution in [3.63, 3.8) is 0 Å². The fourth-order valence-electron chi connectivity index (χ4n) is 1.01.